The van der Waals surface area contributed by atoms with E-state index in [0.29, 0.717) is 6.04 Å². The maximum atomic E-state index is 5.96. The van der Waals surface area contributed by atoms with Gasteiger partial charge in [-0.15, -0.1) is 0 Å². The molecule has 2 heteroatoms. The Morgan fingerprint density at radius 2 is 1.87 bits per heavy atom. The lowest BCUT2D eigenvalue weighted by molar-refractivity contribution is 0.259. The molecule has 0 fully saturated rings. The second kappa shape index (κ2) is 6.59. The van der Waals surface area contributed by atoms with Crippen LogP contribution >= 0.6 is 0 Å². The van der Waals surface area contributed by atoms with Crippen LogP contribution in [0.25, 0.3) is 0 Å². The number of hydrogen-bond donors (Lipinski definition) is 1. The molecule has 15 heavy (non-hydrogen) atoms. The van der Waals surface area contributed by atoms with Crippen molar-refractivity contribution in [1.82, 2.24) is 4.90 Å². The molecule has 0 bridgehead atoms. The van der Waals surface area contributed by atoms with Gasteiger partial charge in [-0.05, 0) is 18.5 Å². The van der Waals surface area contributed by atoms with E-state index in [9.17, 15) is 0 Å². The van der Waals surface area contributed by atoms with Gasteiger partial charge in [0.15, 0.2) is 0 Å². The van der Waals surface area contributed by atoms with Crippen LogP contribution in [0.2, 0.25) is 0 Å². The van der Waals surface area contributed by atoms with E-state index in [0.717, 1.165) is 26.1 Å². The van der Waals surface area contributed by atoms with Gasteiger partial charge in [-0.3, -0.25) is 4.90 Å². The van der Waals surface area contributed by atoms with E-state index in [2.05, 4.69) is 49.1 Å². The molecular formula is C13H22N2. The van der Waals surface area contributed by atoms with Gasteiger partial charge in [0, 0.05) is 19.1 Å². The summed E-state index contributed by atoms with van der Waals surface area (Å²) in [6, 6.07) is 10.9. The molecule has 0 radical (unpaired) electrons. The van der Waals surface area contributed by atoms with Crippen molar-refractivity contribution in [2.24, 2.45) is 5.73 Å². The van der Waals surface area contributed by atoms with Crippen LogP contribution in [0, 0.1) is 0 Å². The molecule has 2 N–H and O–H groups in total. The van der Waals surface area contributed by atoms with E-state index in [4.69, 9.17) is 5.73 Å². The fourth-order valence-corrected chi connectivity index (χ4v) is 1.61. The van der Waals surface area contributed by atoms with Crippen molar-refractivity contribution in [1.29, 1.82) is 0 Å². The Kier molecular flexibility index (Phi) is 5.37. The molecule has 0 amide bonds. The fourth-order valence-electron chi connectivity index (χ4n) is 1.61. The van der Waals surface area contributed by atoms with Crippen molar-refractivity contribution in [2.75, 3.05) is 13.1 Å². The van der Waals surface area contributed by atoms with Crippen LogP contribution in [0.4, 0.5) is 0 Å². The van der Waals surface area contributed by atoms with E-state index < -0.39 is 0 Å². The second-order valence-corrected chi connectivity index (χ2v) is 3.98. The molecule has 2 nitrogen and oxygen atoms in total. The normalized spacial score (nSPS) is 13.1. The SMILES string of the molecule is CCC(N)CN(CC)Cc1ccccc1. The Balaban J connectivity index is 2.47. The summed E-state index contributed by atoms with van der Waals surface area (Å²) < 4.78 is 0. The minimum Gasteiger partial charge on any atom is -0.327 e. The molecule has 1 aromatic carbocycles. The maximum Gasteiger partial charge on any atom is 0.0234 e. The van der Waals surface area contributed by atoms with Crippen LogP contribution in [0.15, 0.2) is 30.3 Å². The van der Waals surface area contributed by atoms with Crippen molar-refractivity contribution in [3.63, 3.8) is 0 Å². The molecule has 0 heterocycles. The van der Waals surface area contributed by atoms with Gasteiger partial charge in [0.2, 0.25) is 0 Å². The summed E-state index contributed by atoms with van der Waals surface area (Å²) in [5.41, 5.74) is 7.32. The third-order valence-electron chi connectivity index (χ3n) is 2.71. The highest BCUT2D eigenvalue weighted by atomic mass is 15.1. The van der Waals surface area contributed by atoms with Gasteiger partial charge in [-0.25, -0.2) is 0 Å². The molecule has 1 unspecified atom stereocenters. The minimum atomic E-state index is 0.300. The number of benzene rings is 1. The zero-order valence-corrected chi connectivity index (χ0v) is 9.82. The summed E-state index contributed by atoms with van der Waals surface area (Å²) >= 11 is 0. The molecule has 0 aliphatic heterocycles. The highest BCUT2D eigenvalue weighted by Gasteiger charge is 2.07. The van der Waals surface area contributed by atoms with Crippen LogP contribution in [0.1, 0.15) is 25.8 Å². The summed E-state index contributed by atoms with van der Waals surface area (Å²) in [5, 5.41) is 0. The van der Waals surface area contributed by atoms with Crippen molar-refractivity contribution in [3.8, 4) is 0 Å². The van der Waals surface area contributed by atoms with Crippen LogP contribution in [-0.4, -0.2) is 24.0 Å². The highest BCUT2D eigenvalue weighted by molar-refractivity contribution is 5.14. The van der Waals surface area contributed by atoms with E-state index >= 15 is 0 Å². The molecular weight excluding hydrogens is 184 g/mol. The zero-order chi connectivity index (χ0) is 11.1. The number of nitrogens with zero attached hydrogens (tertiary/aromatic N) is 1. The van der Waals surface area contributed by atoms with Crippen LogP contribution in [-0.2, 0) is 6.54 Å². The first-order valence-electron chi connectivity index (χ1n) is 5.78. The lowest BCUT2D eigenvalue weighted by Crippen LogP contribution is -2.36. The maximum absolute atomic E-state index is 5.96. The first-order valence-corrected chi connectivity index (χ1v) is 5.78. The topological polar surface area (TPSA) is 29.3 Å². The van der Waals surface area contributed by atoms with Gasteiger partial charge in [0.25, 0.3) is 0 Å². The number of likely N-dealkylation sites (N-methyl/N-ethyl adjacent to an activating group) is 1. The van der Waals surface area contributed by atoms with Crippen molar-refractivity contribution in [3.05, 3.63) is 35.9 Å². The van der Waals surface area contributed by atoms with E-state index in [1.165, 1.54) is 5.56 Å². The average Bonchev–Trinajstić information content (AvgIpc) is 2.29. The number of nitrogens with two attached hydrogens (primary N) is 1. The van der Waals surface area contributed by atoms with E-state index in [1.807, 2.05) is 0 Å². The average molecular weight is 206 g/mol. The standard InChI is InChI=1S/C13H22N2/c1-3-13(14)11-15(4-2)10-12-8-6-5-7-9-12/h5-9,13H,3-4,10-11,14H2,1-2H3. The number of rotatable bonds is 6. The highest BCUT2D eigenvalue weighted by Crippen LogP contribution is 2.05. The smallest absolute Gasteiger partial charge is 0.0234 e. The third kappa shape index (κ3) is 4.45. The molecule has 0 aromatic heterocycles. The van der Waals surface area contributed by atoms with Gasteiger partial charge in [-0.1, -0.05) is 44.2 Å². The molecule has 0 saturated heterocycles. The number of hydrogen-bond acceptors (Lipinski definition) is 2. The Morgan fingerprint density at radius 1 is 1.20 bits per heavy atom. The van der Waals surface area contributed by atoms with Gasteiger partial charge in [-0.2, -0.15) is 0 Å². The van der Waals surface area contributed by atoms with Gasteiger partial charge in [0.1, 0.15) is 0 Å². The van der Waals surface area contributed by atoms with Crippen molar-refractivity contribution in [2.45, 2.75) is 32.9 Å². The molecule has 0 spiro atoms. The van der Waals surface area contributed by atoms with E-state index in [-0.39, 0.29) is 0 Å². The summed E-state index contributed by atoms with van der Waals surface area (Å²) in [4.78, 5) is 2.39. The Hall–Kier alpha value is -0.860. The summed E-state index contributed by atoms with van der Waals surface area (Å²) in [6.07, 6.45) is 1.05. The molecule has 0 aliphatic rings. The van der Waals surface area contributed by atoms with Crippen molar-refractivity contribution < 1.29 is 0 Å². The third-order valence-corrected chi connectivity index (χ3v) is 2.71. The minimum absolute atomic E-state index is 0.300. The molecule has 0 aliphatic carbocycles. The van der Waals surface area contributed by atoms with E-state index in [1.54, 1.807) is 0 Å². The summed E-state index contributed by atoms with van der Waals surface area (Å²) in [7, 11) is 0. The predicted octanol–water partition coefficient (Wildman–Crippen LogP) is 2.25. The molecule has 84 valence electrons. The first-order chi connectivity index (χ1) is 7.26. The van der Waals surface area contributed by atoms with Crippen LogP contribution in [0.3, 0.4) is 0 Å². The molecule has 1 rings (SSSR count). The monoisotopic (exact) mass is 206 g/mol. The lowest BCUT2D eigenvalue weighted by atomic mass is 10.2. The predicted molar refractivity (Wildman–Crippen MR) is 65.7 cm³/mol. The Bertz CT molecular complexity index is 258. The molecule has 1 aromatic rings. The lowest BCUT2D eigenvalue weighted by Gasteiger charge is -2.23. The largest absolute Gasteiger partial charge is 0.327 e. The second-order valence-electron chi connectivity index (χ2n) is 3.98. The Labute approximate surface area is 93.1 Å². The van der Waals surface area contributed by atoms with Crippen LogP contribution < -0.4 is 5.73 Å². The molecule has 0 saturated carbocycles. The summed E-state index contributed by atoms with van der Waals surface area (Å²) in [5.74, 6) is 0. The summed E-state index contributed by atoms with van der Waals surface area (Å²) in [6.45, 7) is 7.38. The van der Waals surface area contributed by atoms with Gasteiger partial charge in [0.05, 0.1) is 0 Å². The first kappa shape index (κ1) is 12.2. The Morgan fingerprint density at radius 3 is 2.40 bits per heavy atom. The molecule has 1 atom stereocenters. The fraction of sp³-hybridized carbons (Fsp3) is 0.538. The van der Waals surface area contributed by atoms with Crippen LogP contribution in [0.5, 0.6) is 0 Å². The zero-order valence-electron chi connectivity index (χ0n) is 9.82. The van der Waals surface area contributed by atoms with Gasteiger partial charge < -0.3 is 5.73 Å². The quantitative estimate of drug-likeness (QED) is 0.773. The van der Waals surface area contributed by atoms with Gasteiger partial charge >= 0.3 is 0 Å². The van der Waals surface area contributed by atoms with Crippen molar-refractivity contribution >= 4 is 0 Å².